The molecule has 0 radical (unpaired) electrons. The van der Waals surface area contributed by atoms with Crippen molar-refractivity contribution in [3.63, 3.8) is 0 Å². The molecule has 6 heteroatoms. The van der Waals surface area contributed by atoms with E-state index in [-0.39, 0.29) is 12.5 Å². The first-order valence-corrected chi connectivity index (χ1v) is 9.01. The first-order chi connectivity index (χ1) is 13.0. The van der Waals surface area contributed by atoms with E-state index in [2.05, 4.69) is 10.6 Å². The molecule has 0 aliphatic rings. The van der Waals surface area contributed by atoms with E-state index in [0.29, 0.717) is 18.0 Å². The van der Waals surface area contributed by atoms with Gasteiger partial charge in [-0.05, 0) is 31.0 Å². The SMILES string of the molecule is CCOc1ccccc1COC(=O)[C@H](NC(=O)Nc1ccccc1)C(C)C. The van der Waals surface area contributed by atoms with Gasteiger partial charge in [-0.15, -0.1) is 0 Å². The largest absolute Gasteiger partial charge is 0.493 e. The number of ether oxygens (including phenoxy) is 2. The van der Waals surface area contributed by atoms with E-state index < -0.39 is 18.0 Å². The molecule has 0 spiro atoms. The van der Waals surface area contributed by atoms with E-state index in [0.717, 1.165) is 5.56 Å². The van der Waals surface area contributed by atoms with Crippen LogP contribution in [0.15, 0.2) is 54.6 Å². The van der Waals surface area contributed by atoms with Gasteiger partial charge in [-0.1, -0.05) is 50.2 Å². The number of urea groups is 1. The van der Waals surface area contributed by atoms with E-state index >= 15 is 0 Å². The number of rotatable bonds is 8. The van der Waals surface area contributed by atoms with Crippen molar-refractivity contribution in [2.24, 2.45) is 5.92 Å². The van der Waals surface area contributed by atoms with Crippen molar-refractivity contribution < 1.29 is 19.1 Å². The molecule has 0 aliphatic carbocycles. The molecule has 2 N–H and O–H groups in total. The van der Waals surface area contributed by atoms with Gasteiger partial charge in [0.25, 0.3) is 0 Å². The Labute approximate surface area is 159 Å². The van der Waals surface area contributed by atoms with Crippen LogP contribution in [0, 0.1) is 5.92 Å². The second-order valence-corrected chi connectivity index (χ2v) is 6.33. The molecule has 0 fully saturated rings. The van der Waals surface area contributed by atoms with Gasteiger partial charge in [-0.25, -0.2) is 9.59 Å². The molecule has 0 saturated heterocycles. The van der Waals surface area contributed by atoms with Crippen LogP contribution in [0.3, 0.4) is 0 Å². The zero-order valence-electron chi connectivity index (χ0n) is 15.9. The summed E-state index contributed by atoms with van der Waals surface area (Å²) in [5.74, 6) is 0.0735. The average molecular weight is 370 g/mol. The Kier molecular flexibility index (Phi) is 7.67. The topological polar surface area (TPSA) is 76.7 Å². The van der Waals surface area contributed by atoms with Gasteiger partial charge in [-0.2, -0.15) is 0 Å². The summed E-state index contributed by atoms with van der Waals surface area (Å²) in [5.41, 5.74) is 1.43. The maximum absolute atomic E-state index is 12.5. The molecule has 1 atom stereocenters. The third kappa shape index (κ3) is 6.33. The van der Waals surface area contributed by atoms with Gasteiger partial charge in [0.15, 0.2) is 0 Å². The molecule has 0 aromatic heterocycles. The lowest BCUT2D eigenvalue weighted by atomic mass is 10.1. The lowest BCUT2D eigenvalue weighted by molar-refractivity contribution is -0.148. The van der Waals surface area contributed by atoms with Crippen LogP contribution in [0.2, 0.25) is 0 Å². The maximum atomic E-state index is 12.5. The summed E-state index contributed by atoms with van der Waals surface area (Å²) in [5, 5.41) is 5.39. The highest BCUT2D eigenvalue weighted by Gasteiger charge is 2.26. The Morgan fingerprint density at radius 3 is 2.33 bits per heavy atom. The smallest absolute Gasteiger partial charge is 0.329 e. The van der Waals surface area contributed by atoms with Crippen LogP contribution in [-0.4, -0.2) is 24.6 Å². The summed E-state index contributed by atoms with van der Waals surface area (Å²) in [6.45, 7) is 6.21. The second kappa shape index (κ2) is 10.2. The fourth-order valence-corrected chi connectivity index (χ4v) is 2.49. The van der Waals surface area contributed by atoms with Crippen molar-refractivity contribution in [1.82, 2.24) is 5.32 Å². The first kappa shape index (κ1) is 20.3. The van der Waals surface area contributed by atoms with Gasteiger partial charge < -0.3 is 20.1 Å². The Morgan fingerprint density at radius 1 is 1.00 bits per heavy atom. The number of para-hydroxylation sites is 2. The molecule has 0 bridgehead atoms. The summed E-state index contributed by atoms with van der Waals surface area (Å²) in [6.07, 6.45) is 0. The highest BCUT2D eigenvalue weighted by Crippen LogP contribution is 2.19. The molecule has 2 rings (SSSR count). The molecule has 0 aliphatic heterocycles. The van der Waals surface area contributed by atoms with Crippen molar-refractivity contribution in [2.45, 2.75) is 33.4 Å². The standard InChI is InChI=1S/C21H26N2O4/c1-4-26-18-13-9-8-10-16(18)14-27-20(24)19(15(2)3)23-21(25)22-17-11-6-5-7-12-17/h5-13,15,19H,4,14H2,1-3H3,(H2,22,23,25)/t19-/m1/s1. The molecule has 6 nitrogen and oxygen atoms in total. The second-order valence-electron chi connectivity index (χ2n) is 6.33. The minimum Gasteiger partial charge on any atom is -0.493 e. The number of anilines is 1. The van der Waals surface area contributed by atoms with Gasteiger partial charge in [0.2, 0.25) is 0 Å². The fraction of sp³-hybridized carbons (Fsp3) is 0.333. The number of hydrogen-bond donors (Lipinski definition) is 2. The van der Waals surface area contributed by atoms with E-state index in [1.54, 1.807) is 12.1 Å². The van der Waals surface area contributed by atoms with Crippen molar-refractivity contribution in [1.29, 1.82) is 0 Å². The molecule has 144 valence electrons. The lowest BCUT2D eigenvalue weighted by Gasteiger charge is -2.21. The van der Waals surface area contributed by atoms with Gasteiger partial charge >= 0.3 is 12.0 Å². The Bertz CT molecular complexity index is 747. The zero-order valence-corrected chi connectivity index (χ0v) is 15.9. The van der Waals surface area contributed by atoms with E-state index in [1.165, 1.54) is 0 Å². The number of hydrogen-bond acceptors (Lipinski definition) is 4. The van der Waals surface area contributed by atoms with Crippen LogP contribution in [0.1, 0.15) is 26.3 Å². The summed E-state index contributed by atoms with van der Waals surface area (Å²) in [7, 11) is 0. The number of esters is 1. The van der Waals surface area contributed by atoms with Gasteiger partial charge in [0.1, 0.15) is 18.4 Å². The van der Waals surface area contributed by atoms with E-state index in [9.17, 15) is 9.59 Å². The van der Waals surface area contributed by atoms with Crippen LogP contribution in [0.4, 0.5) is 10.5 Å². The molecule has 2 aromatic carbocycles. The molecule has 2 aromatic rings. The number of carbonyl (C=O) groups is 2. The van der Waals surface area contributed by atoms with Gasteiger partial charge in [0.05, 0.1) is 6.61 Å². The lowest BCUT2D eigenvalue weighted by Crippen LogP contribution is -2.47. The summed E-state index contributed by atoms with van der Waals surface area (Å²) >= 11 is 0. The predicted molar refractivity (Wildman–Crippen MR) is 105 cm³/mol. The predicted octanol–water partition coefficient (Wildman–Crippen LogP) is 3.97. The summed E-state index contributed by atoms with van der Waals surface area (Å²) < 4.78 is 11.0. The summed E-state index contributed by atoms with van der Waals surface area (Å²) in [4.78, 5) is 24.7. The van der Waals surface area contributed by atoms with E-state index in [1.807, 2.05) is 63.2 Å². The Balaban J connectivity index is 1.95. The summed E-state index contributed by atoms with van der Waals surface area (Å²) in [6, 6.07) is 15.2. The van der Waals surface area contributed by atoms with Gasteiger partial charge in [0, 0.05) is 11.3 Å². The first-order valence-electron chi connectivity index (χ1n) is 9.01. The van der Waals surface area contributed by atoms with Crippen molar-refractivity contribution in [3.8, 4) is 5.75 Å². The van der Waals surface area contributed by atoms with Gasteiger partial charge in [-0.3, -0.25) is 0 Å². The quantitative estimate of drug-likeness (QED) is 0.689. The van der Waals surface area contributed by atoms with Crippen LogP contribution in [0.25, 0.3) is 0 Å². The average Bonchev–Trinajstić information content (AvgIpc) is 2.66. The molecular formula is C21H26N2O4. The molecule has 2 amide bonds. The maximum Gasteiger partial charge on any atom is 0.329 e. The molecular weight excluding hydrogens is 344 g/mol. The molecule has 0 heterocycles. The highest BCUT2D eigenvalue weighted by molar-refractivity contribution is 5.92. The third-order valence-electron chi connectivity index (χ3n) is 3.88. The number of nitrogens with one attached hydrogen (secondary N) is 2. The van der Waals surface area contributed by atoms with E-state index in [4.69, 9.17) is 9.47 Å². The van der Waals surface area contributed by atoms with Crippen molar-refractivity contribution >= 4 is 17.7 Å². The third-order valence-corrected chi connectivity index (χ3v) is 3.88. The monoisotopic (exact) mass is 370 g/mol. The normalized spacial score (nSPS) is 11.6. The zero-order chi connectivity index (χ0) is 19.6. The van der Waals surface area contributed by atoms with Crippen molar-refractivity contribution in [2.75, 3.05) is 11.9 Å². The number of benzene rings is 2. The minimum absolute atomic E-state index is 0.0835. The van der Waals surface area contributed by atoms with Crippen molar-refractivity contribution in [3.05, 3.63) is 60.2 Å². The fourth-order valence-electron chi connectivity index (χ4n) is 2.49. The van der Waals surface area contributed by atoms with Crippen LogP contribution >= 0.6 is 0 Å². The number of amides is 2. The van der Waals surface area contributed by atoms with Crippen LogP contribution in [0.5, 0.6) is 5.75 Å². The Hall–Kier alpha value is -3.02. The molecule has 0 saturated carbocycles. The molecule has 27 heavy (non-hydrogen) atoms. The van der Waals surface area contributed by atoms with Crippen LogP contribution in [-0.2, 0) is 16.1 Å². The van der Waals surface area contributed by atoms with Crippen LogP contribution < -0.4 is 15.4 Å². The number of carbonyl (C=O) groups excluding carboxylic acids is 2. The molecule has 0 unspecified atom stereocenters. The Morgan fingerprint density at radius 2 is 1.67 bits per heavy atom. The highest BCUT2D eigenvalue weighted by atomic mass is 16.5. The minimum atomic E-state index is -0.757.